The van der Waals surface area contributed by atoms with Crippen molar-refractivity contribution >= 4 is 11.8 Å². The normalized spacial score (nSPS) is 18.6. The highest BCUT2D eigenvalue weighted by Gasteiger charge is 2.28. The van der Waals surface area contributed by atoms with E-state index >= 15 is 0 Å². The van der Waals surface area contributed by atoms with Crippen LogP contribution in [-0.4, -0.2) is 47.4 Å². The summed E-state index contributed by atoms with van der Waals surface area (Å²) in [6.45, 7) is 6.31. The molecule has 1 atom stereocenters. The van der Waals surface area contributed by atoms with Gasteiger partial charge in [-0.1, -0.05) is 42.8 Å². The number of rotatable bonds is 6. The molecule has 1 fully saturated rings. The number of aryl methyl sites for hydroxylation is 1. The molecule has 2 amide bonds. The molecule has 5 heteroatoms. The lowest BCUT2D eigenvalue weighted by atomic mass is 9.97. The van der Waals surface area contributed by atoms with Crippen LogP contribution in [0.25, 0.3) is 0 Å². The molecule has 1 saturated heterocycles. The third-order valence-electron chi connectivity index (χ3n) is 6.55. The van der Waals surface area contributed by atoms with Crippen LogP contribution in [0.4, 0.5) is 0 Å². The van der Waals surface area contributed by atoms with Gasteiger partial charge in [0.1, 0.15) is 5.75 Å². The summed E-state index contributed by atoms with van der Waals surface area (Å²) in [4.78, 5) is 29.8. The third kappa shape index (κ3) is 4.76. The standard InChI is InChI=1S/C26H32N2O3/c1-3-21-7-4-5-15-28(21)25(29)18-31-24-9-6-8-23-22(24)14-16-27(26(23)30)17-20-12-10-19(2)11-13-20/h6,8-13,21H,3-5,7,14-18H2,1-2H3/t21-/m0/s1. The first-order chi connectivity index (χ1) is 15.1. The quantitative estimate of drug-likeness (QED) is 0.698. The molecule has 0 radical (unpaired) electrons. The number of nitrogens with zero attached hydrogens (tertiary/aromatic N) is 2. The lowest BCUT2D eigenvalue weighted by Gasteiger charge is -2.35. The van der Waals surface area contributed by atoms with Gasteiger partial charge in [0, 0.05) is 36.8 Å². The Morgan fingerprint density at radius 1 is 1.10 bits per heavy atom. The highest BCUT2D eigenvalue weighted by Crippen LogP contribution is 2.29. The van der Waals surface area contributed by atoms with Crippen molar-refractivity contribution in [1.29, 1.82) is 0 Å². The lowest BCUT2D eigenvalue weighted by molar-refractivity contribution is -0.137. The zero-order chi connectivity index (χ0) is 21.8. The van der Waals surface area contributed by atoms with Crippen LogP contribution in [0.15, 0.2) is 42.5 Å². The Balaban J connectivity index is 1.43. The second-order valence-corrected chi connectivity index (χ2v) is 8.68. The van der Waals surface area contributed by atoms with Gasteiger partial charge in [-0.15, -0.1) is 0 Å². The summed E-state index contributed by atoms with van der Waals surface area (Å²) in [5, 5.41) is 0. The van der Waals surface area contributed by atoms with Crippen molar-refractivity contribution in [3.63, 3.8) is 0 Å². The van der Waals surface area contributed by atoms with E-state index in [-0.39, 0.29) is 18.4 Å². The molecule has 2 aliphatic heterocycles. The Labute approximate surface area is 185 Å². The van der Waals surface area contributed by atoms with Gasteiger partial charge >= 0.3 is 0 Å². The Morgan fingerprint density at radius 2 is 1.90 bits per heavy atom. The predicted molar refractivity (Wildman–Crippen MR) is 121 cm³/mol. The molecule has 2 aromatic carbocycles. The highest BCUT2D eigenvalue weighted by molar-refractivity contribution is 5.97. The molecular weight excluding hydrogens is 388 g/mol. The summed E-state index contributed by atoms with van der Waals surface area (Å²) in [6.07, 6.45) is 5.05. The number of benzene rings is 2. The molecule has 2 heterocycles. The average molecular weight is 421 g/mol. The van der Waals surface area contributed by atoms with E-state index in [0.717, 1.165) is 43.4 Å². The van der Waals surface area contributed by atoms with Crippen molar-refractivity contribution in [1.82, 2.24) is 9.80 Å². The van der Waals surface area contributed by atoms with Crippen molar-refractivity contribution in [2.24, 2.45) is 0 Å². The minimum Gasteiger partial charge on any atom is -0.483 e. The Hall–Kier alpha value is -2.82. The molecule has 5 nitrogen and oxygen atoms in total. The number of ether oxygens (including phenoxy) is 1. The molecule has 0 bridgehead atoms. The smallest absolute Gasteiger partial charge is 0.260 e. The van der Waals surface area contributed by atoms with Crippen molar-refractivity contribution in [2.75, 3.05) is 19.7 Å². The number of hydrogen-bond donors (Lipinski definition) is 0. The summed E-state index contributed by atoms with van der Waals surface area (Å²) >= 11 is 0. The number of likely N-dealkylation sites (tertiary alicyclic amines) is 1. The fourth-order valence-corrected chi connectivity index (χ4v) is 4.72. The van der Waals surface area contributed by atoms with E-state index in [1.54, 1.807) is 0 Å². The summed E-state index contributed by atoms with van der Waals surface area (Å²) in [5.41, 5.74) is 3.96. The first-order valence-electron chi connectivity index (χ1n) is 11.5. The van der Waals surface area contributed by atoms with Gasteiger partial charge in [0.15, 0.2) is 6.61 Å². The zero-order valence-electron chi connectivity index (χ0n) is 18.6. The molecule has 0 saturated carbocycles. The van der Waals surface area contributed by atoms with Crippen LogP contribution < -0.4 is 4.74 Å². The third-order valence-corrected chi connectivity index (χ3v) is 6.55. The van der Waals surface area contributed by atoms with Gasteiger partial charge in [0.2, 0.25) is 0 Å². The fourth-order valence-electron chi connectivity index (χ4n) is 4.72. The second kappa shape index (κ2) is 9.54. The zero-order valence-corrected chi connectivity index (χ0v) is 18.6. The SMILES string of the molecule is CC[C@H]1CCCCN1C(=O)COc1cccc2c1CCN(Cc1ccc(C)cc1)C2=O. The fraction of sp³-hybridized carbons (Fsp3) is 0.462. The summed E-state index contributed by atoms with van der Waals surface area (Å²) in [5.74, 6) is 0.743. The summed E-state index contributed by atoms with van der Waals surface area (Å²) in [7, 11) is 0. The minimum atomic E-state index is 0.0284. The van der Waals surface area contributed by atoms with E-state index in [9.17, 15) is 9.59 Å². The molecule has 0 aliphatic carbocycles. The van der Waals surface area contributed by atoms with Gasteiger partial charge in [0.05, 0.1) is 0 Å². The van der Waals surface area contributed by atoms with Gasteiger partial charge in [-0.3, -0.25) is 9.59 Å². The van der Waals surface area contributed by atoms with Crippen molar-refractivity contribution in [3.05, 3.63) is 64.7 Å². The van der Waals surface area contributed by atoms with E-state index in [1.807, 2.05) is 28.0 Å². The first kappa shape index (κ1) is 21.4. The summed E-state index contributed by atoms with van der Waals surface area (Å²) in [6, 6.07) is 14.2. The van der Waals surface area contributed by atoms with Gasteiger partial charge in [-0.2, -0.15) is 0 Å². The van der Waals surface area contributed by atoms with Crippen molar-refractivity contribution in [2.45, 2.75) is 58.5 Å². The van der Waals surface area contributed by atoms with Crippen molar-refractivity contribution < 1.29 is 14.3 Å². The van der Waals surface area contributed by atoms with Crippen LogP contribution in [0, 0.1) is 6.92 Å². The number of amides is 2. The minimum absolute atomic E-state index is 0.0284. The number of carbonyl (C=O) groups is 2. The topological polar surface area (TPSA) is 49.9 Å². The molecule has 2 aliphatic rings. The average Bonchev–Trinajstić information content (AvgIpc) is 2.80. The lowest BCUT2D eigenvalue weighted by Crippen LogP contribution is -2.45. The van der Waals surface area contributed by atoms with Gasteiger partial charge < -0.3 is 14.5 Å². The monoisotopic (exact) mass is 420 g/mol. The van der Waals surface area contributed by atoms with Crippen LogP contribution in [0.1, 0.15) is 59.7 Å². The van der Waals surface area contributed by atoms with Crippen LogP contribution in [0.2, 0.25) is 0 Å². The van der Waals surface area contributed by atoms with Crippen LogP contribution >= 0.6 is 0 Å². The molecule has 0 aromatic heterocycles. The van der Waals surface area contributed by atoms with Crippen LogP contribution in [0.5, 0.6) is 5.75 Å². The molecule has 2 aromatic rings. The number of carbonyl (C=O) groups excluding carboxylic acids is 2. The van der Waals surface area contributed by atoms with E-state index in [1.165, 1.54) is 12.0 Å². The maximum Gasteiger partial charge on any atom is 0.260 e. The van der Waals surface area contributed by atoms with E-state index < -0.39 is 0 Å². The Morgan fingerprint density at radius 3 is 2.68 bits per heavy atom. The van der Waals surface area contributed by atoms with Gasteiger partial charge in [-0.05, 0) is 56.7 Å². The van der Waals surface area contributed by atoms with Crippen LogP contribution in [0.3, 0.4) is 0 Å². The highest BCUT2D eigenvalue weighted by atomic mass is 16.5. The maximum atomic E-state index is 13.1. The van der Waals surface area contributed by atoms with Crippen molar-refractivity contribution in [3.8, 4) is 5.75 Å². The largest absolute Gasteiger partial charge is 0.483 e. The molecule has 164 valence electrons. The van der Waals surface area contributed by atoms with Gasteiger partial charge in [0.25, 0.3) is 11.8 Å². The number of hydrogen-bond acceptors (Lipinski definition) is 3. The maximum absolute atomic E-state index is 13.1. The molecule has 0 unspecified atom stereocenters. The molecule has 31 heavy (non-hydrogen) atoms. The van der Waals surface area contributed by atoms with Gasteiger partial charge in [-0.25, -0.2) is 0 Å². The van der Waals surface area contributed by atoms with Crippen LogP contribution in [-0.2, 0) is 17.8 Å². The first-order valence-corrected chi connectivity index (χ1v) is 11.5. The number of fused-ring (bicyclic) bond motifs is 1. The van der Waals surface area contributed by atoms with E-state index in [2.05, 4.69) is 38.1 Å². The van der Waals surface area contributed by atoms with E-state index in [0.29, 0.717) is 30.4 Å². The Kier molecular flexibility index (Phi) is 6.59. The predicted octanol–water partition coefficient (Wildman–Crippen LogP) is 4.36. The molecule has 4 rings (SSSR count). The number of piperidine rings is 1. The summed E-state index contributed by atoms with van der Waals surface area (Å²) < 4.78 is 5.97. The molecular formula is C26H32N2O3. The van der Waals surface area contributed by atoms with E-state index in [4.69, 9.17) is 4.74 Å². The molecule has 0 N–H and O–H groups in total. The molecule has 0 spiro atoms. The Bertz CT molecular complexity index is 938. The second-order valence-electron chi connectivity index (χ2n) is 8.68.